The topological polar surface area (TPSA) is 33.0 Å². The molecule has 0 aliphatic heterocycles. The Morgan fingerprint density at radius 1 is 1.25 bits per heavy atom. The van der Waals surface area contributed by atoms with Crippen LogP contribution in [-0.2, 0) is 12.8 Å². The third kappa shape index (κ3) is 3.15. The third-order valence-electron chi connectivity index (χ3n) is 3.19. The Hall–Kier alpha value is -1.92. The maximum atomic E-state index is 9.13. The van der Waals surface area contributed by atoms with Crippen LogP contribution in [0.3, 0.4) is 0 Å². The number of nitriles is 1. The van der Waals surface area contributed by atoms with Gasteiger partial charge in [-0.3, -0.25) is 0 Å². The first kappa shape index (κ1) is 14.5. The van der Waals surface area contributed by atoms with Gasteiger partial charge in [0.25, 0.3) is 0 Å². The second-order valence-corrected chi connectivity index (χ2v) is 4.86. The standard InChI is InChI=1S/C16H13BClNO/c1-20-16-8-6-13(17)9-11(16)5-7-14-12(10-19)3-2-4-15(14)18/h2-4,6,8-9H,5,7H2,1H3. The minimum atomic E-state index is 0.611. The molecule has 0 fully saturated rings. The summed E-state index contributed by atoms with van der Waals surface area (Å²) in [5.41, 5.74) is 3.18. The highest BCUT2D eigenvalue weighted by atomic mass is 35.5. The van der Waals surface area contributed by atoms with Crippen molar-refractivity contribution in [2.45, 2.75) is 12.8 Å². The van der Waals surface area contributed by atoms with E-state index in [-0.39, 0.29) is 0 Å². The first-order valence-electron chi connectivity index (χ1n) is 6.25. The Balaban J connectivity index is 2.26. The molecule has 0 bridgehead atoms. The van der Waals surface area contributed by atoms with Gasteiger partial charge in [0, 0.05) is 5.02 Å². The Labute approximate surface area is 125 Å². The molecule has 2 aromatic rings. The summed E-state index contributed by atoms with van der Waals surface area (Å²) in [7, 11) is 7.43. The lowest BCUT2D eigenvalue weighted by molar-refractivity contribution is 0.409. The van der Waals surface area contributed by atoms with Crippen molar-refractivity contribution in [1.82, 2.24) is 0 Å². The molecule has 98 valence electrons. The van der Waals surface area contributed by atoms with E-state index in [9.17, 15) is 0 Å². The Kier molecular flexibility index (Phi) is 4.71. The summed E-state index contributed by atoms with van der Waals surface area (Å²) in [5, 5.41) is 9.75. The number of aryl methyl sites for hydroxylation is 1. The van der Waals surface area contributed by atoms with Crippen molar-refractivity contribution in [2.24, 2.45) is 0 Å². The lowest BCUT2D eigenvalue weighted by Crippen LogP contribution is -2.06. The van der Waals surface area contributed by atoms with Crippen molar-refractivity contribution in [1.29, 1.82) is 5.26 Å². The van der Waals surface area contributed by atoms with E-state index < -0.39 is 0 Å². The second-order valence-electron chi connectivity index (χ2n) is 4.45. The van der Waals surface area contributed by atoms with Crippen LogP contribution < -0.4 is 10.2 Å². The summed E-state index contributed by atoms with van der Waals surface area (Å²) in [5.74, 6) is 0.796. The fourth-order valence-electron chi connectivity index (χ4n) is 2.17. The van der Waals surface area contributed by atoms with Crippen LogP contribution in [0.2, 0.25) is 5.02 Å². The highest BCUT2D eigenvalue weighted by Gasteiger charge is 2.09. The zero-order valence-electron chi connectivity index (χ0n) is 11.2. The van der Waals surface area contributed by atoms with Crippen LogP contribution in [0.4, 0.5) is 0 Å². The molecule has 2 radical (unpaired) electrons. The van der Waals surface area contributed by atoms with Crippen molar-refractivity contribution in [2.75, 3.05) is 7.11 Å². The van der Waals surface area contributed by atoms with E-state index in [1.807, 2.05) is 12.1 Å². The zero-order valence-corrected chi connectivity index (χ0v) is 11.9. The number of methoxy groups -OCH3 is 1. The molecule has 0 atom stereocenters. The van der Waals surface area contributed by atoms with Gasteiger partial charge >= 0.3 is 0 Å². The number of hydrogen-bond donors (Lipinski definition) is 0. The maximum Gasteiger partial charge on any atom is 0.122 e. The Morgan fingerprint density at radius 2 is 2.05 bits per heavy atom. The second kappa shape index (κ2) is 6.50. The van der Waals surface area contributed by atoms with Gasteiger partial charge in [-0.15, -0.1) is 0 Å². The van der Waals surface area contributed by atoms with Crippen LogP contribution in [0.25, 0.3) is 0 Å². The molecule has 0 aliphatic carbocycles. The van der Waals surface area contributed by atoms with Crippen LogP contribution in [0.5, 0.6) is 5.75 Å². The average molecular weight is 282 g/mol. The van der Waals surface area contributed by atoms with Crippen molar-refractivity contribution >= 4 is 24.9 Å². The first-order chi connectivity index (χ1) is 9.65. The number of ether oxygens (including phenoxy) is 1. The number of benzene rings is 2. The fourth-order valence-corrected chi connectivity index (χ4v) is 2.44. The van der Waals surface area contributed by atoms with Gasteiger partial charge in [-0.05, 0) is 42.2 Å². The first-order valence-corrected chi connectivity index (χ1v) is 6.63. The van der Waals surface area contributed by atoms with Gasteiger partial charge in [-0.25, -0.2) is 0 Å². The normalized spacial score (nSPS) is 10.1. The Bertz CT molecular complexity index is 664. The largest absolute Gasteiger partial charge is 0.496 e. The number of hydrogen-bond acceptors (Lipinski definition) is 2. The molecule has 2 aromatic carbocycles. The highest BCUT2D eigenvalue weighted by molar-refractivity contribution is 6.32. The van der Waals surface area contributed by atoms with Gasteiger partial charge in [0.1, 0.15) is 13.6 Å². The average Bonchev–Trinajstić information content (AvgIpc) is 2.46. The lowest BCUT2D eigenvalue weighted by atomic mass is 9.91. The summed E-state index contributed by atoms with van der Waals surface area (Å²) >= 11 is 6.17. The fraction of sp³-hybridized carbons (Fsp3) is 0.188. The zero-order chi connectivity index (χ0) is 14.5. The van der Waals surface area contributed by atoms with E-state index in [4.69, 9.17) is 29.4 Å². The molecule has 2 nitrogen and oxygen atoms in total. The maximum absolute atomic E-state index is 9.13. The number of rotatable bonds is 4. The Morgan fingerprint density at radius 3 is 2.75 bits per heavy atom. The monoisotopic (exact) mass is 281 g/mol. The predicted octanol–water partition coefficient (Wildman–Crippen LogP) is 2.80. The molecule has 0 aliphatic rings. The molecular formula is C16H13BClNO. The van der Waals surface area contributed by atoms with Gasteiger partial charge in [0.2, 0.25) is 0 Å². The van der Waals surface area contributed by atoms with Gasteiger partial charge in [0.05, 0.1) is 18.7 Å². The molecule has 2 rings (SSSR count). The van der Waals surface area contributed by atoms with Crippen LogP contribution in [0.15, 0.2) is 36.4 Å². The van der Waals surface area contributed by atoms with E-state index in [0.29, 0.717) is 28.9 Å². The van der Waals surface area contributed by atoms with E-state index >= 15 is 0 Å². The van der Waals surface area contributed by atoms with Gasteiger partial charge in [0.15, 0.2) is 0 Å². The molecule has 4 heteroatoms. The molecule has 0 saturated carbocycles. The minimum absolute atomic E-state index is 0.611. The van der Waals surface area contributed by atoms with Crippen LogP contribution >= 0.6 is 11.6 Å². The molecule has 0 spiro atoms. The van der Waals surface area contributed by atoms with E-state index in [1.54, 1.807) is 31.4 Å². The lowest BCUT2D eigenvalue weighted by Gasteiger charge is -2.11. The smallest absolute Gasteiger partial charge is 0.122 e. The molecule has 0 unspecified atom stereocenters. The van der Waals surface area contributed by atoms with Gasteiger partial charge < -0.3 is 4.74 Å². The molecule has 0 heterocycles. The van der Waals surface area contributed by atoms with Gasteiger partial charge in [-0.2, -0.15) is 5.26 Å². The van der Waals surface area contributed by atoms with Crippen LogP contribution in [-0.4, -0.2) is 15.0 Å². The van der Waals surface area contributed by atoms with Crippen LogP contribution in [0.1, 0.15) is 16.7 Å². The van der Waals surface area contributed by atoms with E-state index in [2.05, 4.69) is 6.07 Å². The minimum Gasteiger partial charge on any atom is -0.496 e. The molecule has 0 saturated heterocycles. The van der Waals surface area contributed by atoms with Gasteiger partial charge in [-0.1, -0.05) is 35.3 Å². The quantitative estimate of drug-likeness (QED) is 0.807. The summed E-state index contributed by atoms with van der Waals surface area (Å²) in [6.07, 6.45) is 1.38. The summed E-state index contributed by atoms with van der Waals surface area (Å²) < 4.78 is 5.32. The molecule has 0 aromatic heterocycles. The number of halogens is 1. The van der Waals surface area contributed by atoms with Crippen LogP contribution in [0, 0.1) is 11.3 Å². The summed E-state index contributed by atoms with van der Waals surface area (Å²) in [4.78, 5) is 0. The molecule has 0 N–H and O–H groups in total. The van der Waals surface area contributed by atoms with Crippen molar-refractivity contribution < 1.29 is 4.74 Å². The van der Waals surface area contributed by atoms with E-state index in [1.165, 1.54) is 0 Å². The predicted molar refractivity (Wildman–Crippen MR) is 82.0 cm³/mol. The van der Waals surface area contributed by atoms with Crippen molar-refractivity contribution in [3.05, 3.63) is 58.1 Å². The molecule has 20 heavy (non-hydrogen) atoms. The summed E-state index contributed by atoms with van der Waals surface area (Å²) in [6.45, 7) is 0. The van der Waals surface area contributed by atoms with Crippen molar-refractivity contribution in [3.63, 3.8) is 0 Å². The highest BCUT2D eigenvalue weighted by Crippen LogP contribution is 2.24. The summed E-state index contributed by atoms with van der Waals surface area (Å²) in [6, 6.07) is 13.1. The van der Waals surface area contributed by atoms with E-state index in [0.717, 1.165) is 16.9 Å². The third-order valence-corrected chi connectivity index (χ3v) is 3.54. The SMILES string of the molecule is [B]c1ccc(OC)c(CCc2c(Cl)cccc2C#N)c1. The number of nitrogens with zero attached hydrogens (tertiary/aromatic N) is 1. The molecular weight excluding hydrogens is 268 g/mol. The van der Waals surface area contributed by atoms with Crippen molar-refractivity contribution in [3.8, 4) is 11.8 Å². The molecule has 0 amide bonds.